The third kappa shape index (κ3) is 6.28. The molecule has 0 spiro atoms. The van der Waals surface area contributed by atoms with Crippen LogP contribution in [0.3, 0.4) is 0 Å². The number of thiazole rings is 1. The minimum atomic E-state index is -0.190. The molecule has 1 aromatic carbocycles. The molecular formula is C18H24N4O2S. The monoisotopic (exact) mass is 360 g/mol. The van der Waals surface area contributed by atoms with Crippen molar-refractivity contribution in [1.29, 1.82) is 0 Å². The average molecular weight is 360 g/mol. The first-order chi connectivity index (χ1) is 11.8. The highest BCUT2D eigenvalue weighted by atomic mass is 32.1. The molecule has 0 bridgehead atoms. The molecule has 0 saturated carbocycles. The van der Waals surface area contributed by atoms with Crippen molar-refractivity contribution in [1.82, 2.24) is 15.2 Å². The summed E-state index contributed by atoms with van der Waals surface area (Å²) in [7, 11) is 1.74. The third-order valence-electron chi connectivity index (χ3n) is 3.37. The van der Waals surface area contributed by atoms with Crippen LogP contribution in [0.25, 0.3) is 11.3 Å². The van der Waals surface area contributed by atoms with Gasteiger partial charge in [-0.25, -0.2) is 4.98 Å². The molecule has 2 N–H and O–H groups in total. The molecular weight excluding hydrogens is 336 g/mol. The van der Waals surface area contributed by atoms with Crippen LogP contribution < -0.4 is 10.6 Å². The summed E-state index contributed by atoms with van der Waals surface area (Å²) in [5.41, 5.74) is 3.05. The summed E-state index contributed by atoms with van der Waals surface area (Å²) in [6.07, 6.45) is 0. The Morgan fingerprint density at radius 1 is 1.16 bits per heavy atom. The number of anilines is 1. The first kappa shape index (κ1) is 19.1. The van der Waals surface area contributed by atoms with Crippen LogP contribution in [-0.2, 0) is 9.59 Å². The quantitative estimate of drug-likeness (QED) is 0.796. The van der Waals surface area contributed by atoms with Gasteiger partial charge in [0.25, 0.3) is 0 Å². The van der Waals surface area contributed by atoms with Gasteiger partial charge in [-0.05, 0) is 27.8 Å². The normalized spacial score (nSPS) is 11.0. The second kappa shape index (κ2) is 8.73. The maximum absolute atomic E-state index is 12.1. The lowest BCUT2D eigenvalue weighted by atomic mass is 10.1. The van der Waals surface area contributed by atoms with E-state index in [1.807, 2.05) is 50.4 Å². The standard InChI is InChI=1S/C18H24N4O2S/c1-12(2)19-16(23)9-22(4)10-17(24)21-18-20-15(11-25-18)14-7-5-13(3)6-8-14/h5-8,11-12H,9-10H2,1-4H3,(H,19,23)(H,20,21,24). The Bertz CT molecular complexity index is 725. The molecule has 134 valence electrons. The lowest BCUT2D eigenvalue weighted by molar-refractivity contribution is -0.123. The number of benzene rings is 1. The van der Waals surface area contributed by atoms with E-state index in [0.29, 0.717) is 5.13 Å². The Kier molecular flexibility index (Phi) is 6.66. The molecule has 25 heavy (non-hydrogen) atoms. The van der Waals surface area contributed by atoms with E-state index in [4.69, 9.17) is 0 Å². The Labute approximate surface area is 152 Å². The van der Waals surface area contributed by atoms with Gasteiger partial charge in [0.2, 0.25) is 11.8 Å². The minimum absolute atomic E-state index is 0.0882. The van der Waals surface area contributed by atoms with Crippen molar-refractivity contribution in [2.24, 2.45) is 0 Å². The second-order valence-electron chi connectivity index (χ2n) is 6.35. The highest BCUT2D eigenvalue weighted by molar-refractivity contribution is 7.14. The van der Waals surface area contributed by atoms with Crippen LogP contribution in [0, 0.1) is 6.92 Å². The zero-order chi connectivity index (χ0) is 18.4. The molecule has 0 atom stereocenters. The zero-order valence-corrected chi connectivity index (χ0v) is 15.8. The van der Waals surface area contributed by atoms with Crippen LogP contribution in [0.2, 0.25) is 0 Å². The molecule has 7 heteroatoms. The van der Waals surface area contributed by atoms with Crippen LogP contribution in [-0.4, -0.2) is 47.9 Å². The highest BCUT2D eigenvalue weighted by Crippen LogP contribution is 2.25. The van der Waals surface area contributed by atoms with Gasteiger partial charge in [-0.2, -0.15) is 0 Å². The molecule has 2 rings (SSSR count). The number of rotatable bonds is 7. The van der Waals surface area contributed by atoms with Crippen molar-refractivity contribution in [3.8, 4) is 11.3 Å². The largest absolute Gasteiger partial charge is 0.353 e. The first-order valence-corrected chi connectivity index (χ1v) is 9.02. The van der Waals surface area contributed by atoms with E-state index in [9.17, 15) is 9.59 Å². The molecule has 0 aliphatic rings. The lowest BCUT2D eigenvalue weighted by Crippen LogP contribution is -2.41. The number of likely N-dealkylation sites (N-methyl/N-ethyl adjacent to an activating group) is 1. The van der Waals surface area contributed by atoms with Crippen LogP contribution in [0.15, 0.2) is 29.6 Å². The maximum atomic E-state index is 12.1. The highest BCUT2D eigenvalue weighted by Gasteiger charge is 2.13. The van der Waals surface area contributed by atoms with E-state index in [2.05, 4.69) is 15.6 Å². The predicted molar refractivity (Wildman–Crippen MR) is 102 cm³/mol. The predicted octanol–water partition coefficient (Wildman–Crippen LogP) is 2.51. The van der Waals surface area contributed by atoms with Crippen molar-refractivity contribution < 1.29 is 9.59 Å². The van der Waals surface area contributed by atoms with Crippen LogP contribution in [0.5, 0.6) is 0 Å². The van der Waals surface area contributed by atoms with E-state index < -0.39 is 0 Å². The summed E-state index contributed by atoms with van der Waals surface area (Å²) in [6, 6.07) is 8.17. The SMILES string of the molecule is Cc1ccc(-c2csc(NC(=O)CN(C)CC(=O)NC(C)C)n2)cc1. The van der Waals surface area contributed by atoms with Gasteiger partial charge < -0.3 is 10.6 Å². The third-order valence-corrected chi connectivity index (χ3v) is 4.13. The molecule has 0 saturated heterocycles. The molecule has 0 unspecified atom stereocenters. The van der Waals surface area contributed by atoms with Gasteiger partial charge in [0.05, 0.1) is 18.8 Å². The number of hydrogen-bond acceptors (Lipinski definition) is 5. The number of nitrogens with one attached hydrogen (secondary N) is 2. The number of aromatic nitrogens is 1. The fraction of sp³-hybridized carbons (Fsp3) is 0.389. The summed E-state index contributed by atoms with van der Waals surface area (Å²) < 4.78 is 0. The number of nitrogens with zero attached hydrogens (tertiary/aromatic N) is 2. The summed E-state index contributed by atoms with van der Waals surface area (Å²) in [5, 5.41) is 8.06. The first-order valence-electron chi connectivity index (χ1n) is 8.14. The van der Waals surface area contributed by atoms with Crippen LogP contribution in [0.1, 0.15) is 19.4 Å². The van der Waals surface area contributed by atoms with E-state index in [1.54, 1.807) is 11.9 Å². The molecule has 1 heterocycles. The molecule has 0 aliphatic heterocycles. The smallest absolute Gasteiger partial charge is 0.240 e. The summed E-state index contributed by atoms with van der Waals surface area (Å²) in [5.74, 6) is -0.286. The van der Waals surface area contributed by atoms with Gasteiger partial charge in [-0.1, -0.05) is 29.8 Å². The maximum Gasteiger partial charge on any atom is 0.240 e. The lowest BCUT2D eigenvalue weighted by Gasteiger charge is -2.16. The van der Waals surface area contributed by atoms with Crippen molar-refractivity contribution in [2.75, 3.05) is 25.5 Å². The Morgan fingerprint density at radius 2 is 1.80 bits per heavy atom. The van der Waals surface area contributed by atoms with Crippen molar-refractivity contribution >= 4 is 28.3 Å². The van der Waals surface area contributed by atoms with Crippen molar-refractivity contribution in [3.63, 3.8) is 0 Å². The minimum Gasteiger partial charge on any atom is -0.353 e. The molecule has 2 amide bonds. The number of hydrogen-bond donors (Lipinski definition) is 2. The van der Waals surface area contributed by atoms with E-state index >= 15 is 0 Å². The van der Waals surface area contributed by atoms with Crippen LogP contribution >= 0.6 is 11.3 Å². The topological polar surface area (TPSA) is 74.3 Å². The van der Waals surface area contributed by atoms with Gasteiger partial charge in [-0.3, -0.25) is 14.5 Å². The molecule has 1 aromatic heterocycles. The van der Waals surface area contributed by atoms with Crippen molar-refractivity contribution in [2.45, 2.75) is 26.8 Å². The Morgan fingerprint density at radius 3 is 2.44 bits per heavy atom. The molecule has 6 nitrogen and oxygen atoms in total. The van der Waals surface area contributed by atoms with Gasteiger partial charge in [0.15, 0.2) is 5.13 Å². The summed E-state index contributed by atoms with van der Waals surface area (Å²) >= 11 is 1.39. The molecule has 0 radical (unpaired) electrons. The Balaban J connectivity index is 1.86. The number of carbonyl (C=O) groups excluding carboxylic acids is 2. The number of amides is 2. The molecule has 0 fully saturated rings. The average Bonchev–Trinajstić information content (AvgIpc) is 2.94. The van der Waals surface area contributed by atoms with Gasteiger partial charge in [-0.15, -0.1) is 11.3 Å². The van der Waals surface area contributed by atoms with Gasteiger partial charge in [0, 0.05) is 17.0 Å². The van der Waals surface area contributed by atoms with Crippen LogP contribution in [0.4, 0.5) is 5.13 Å². The fourth-order valence-electron chi connectivity index (χ4n) is 2.26. The Hall–Kier alpha value is -2.25. The van der Waals surface area contributed by atoms with Gasteiger partial charge >= 0.3 is 0 Å². The number of carbonyl (C=O) groups is 2. The van der Waals surface area contributed by atoms with Gasteiger partial charge in [0.1, 0.15) is 0 Å². The molecule has 2 aromatic rings. The van der Waals surface area contributed by atoms with E-state index in [0.717, 1.165) is 11.3 Å². The fourth-order valence-corrected chi connectivity index (χ4v) is 3.00. The van der Waals surface area contributed by atoms with E-state index in [-0.39, 0.29) is 30.9 Å². The van der Waals surface area contributed by atoms with Crippen molar-refractivity contribution in [3.05, 3.63) is 35.2 Å². The summed E-state index contributed by atoms with van der Waals surface area (Å²) in [4.78, 5) is 29.9. The number of aryl methyl sites for hydroxylation is 1. The zero-order valence-electron chi connectivity index (χ0n) is 15.0. The van der Waals surface area contributed by atoms with E-state index in [1.165, 1.54) is 16.9 Å². The summed E-state index contributed by atoms with van der Waals surface area (Å²) in [6.45, 7) is 6.15. The second-order valence-corrected chi connectivity index (χ2v) is 7.20. The molecule has 0 aliphatic carbocycles.